The maximum absolute atomic E-state index is 12.2. The first-order chi connectivity index (χ1) is 22.4. The molecule has 11 heteroatoms. The van der Waals surface area contributed by atoms with Gasteiger partial charge in [-0.3, -0.25) is 19.7 Å². The van der Waals surface area contributed by atoms with Crippen LogP contribution in [0.2, 0.25) is 0 Å². The SMILES string of the molecule is COc1cc2c(cc1OC)CN(C[C@@H]1C[C@H](c3ccc(CO)cc3)O[C@H](c3ccc(CNC(=O)CCCC(=O)NO)cc3)O1)CC2. The van der Waals surface area contributed by atoms with E-state index in [4.69, 9.17) is 24.2 Å². The summed E-state index contributed by atoms with van der Waals surface area (Å²) in [6.07, 6.45) is 1.37. The minimum atomic E-state index is -0.580. The molecule has 0 spiro atoms. The van der Waals surface area contributed by atoms with Gasteiger partial charge in [-0.1, -0.05) is 48.5 Å². The van der Waals surface area contributed by atoms with Gasteiger partial charge < -0.3 is 29.4 Å². The Morgan fingerprint density at radius 3 is 2.22 bits per heavy atom. The molecule has 0 aliphatic carbocycles. The lowest BCUT2D eigenvalue weighted by molar-refractivity contribution is -0.253. The molecule has 3 aromatic rings. The summed E-state index contributed by atoms with van der Waals surface area (Å²) in [4.78, 5) is 25.7. The number of hydrogen-bond donors (Lipinski definition) is 4. The molecule has 0 aromatic heterocycles. The third kappa shape index (κ3) is 8.62. The van der Waals surface area contributed by atoms with Crippen LogP contribution in [0, 0.1) is 0 Å². The normalized spacial score (nSPS) is 19.6. The van der Waals surface area contributed by atoms with Crippen LogP contribution in [0.3, 0.4) is 0 Å². The van der Waals surface area contributed by atoms with E-state index in [1.165, 1.54) is 11.1 Å². The monoisotopic (exact) mass is 633 g/mol. The van der Waals surface area contributed by atoms with Crippen molar-refractivity contribution in [1.29, 1.82) is 0 Å². The summed E-state index contributed by atoms with van der Waals surface area (Å²) < 4.78 is 24.2. The molecule has 2 aliphatic rings. The second kappa shape index (κ2) is 16.0. The van der Waals surface area contributed by atoms with E-state index in [0.29, 0.717) is 19.4 Å². The van der Waals surface area contributed by atoms with Crippen molar-refractivity contribution in [3.63, 3.8) is 0 Å². The number of fused-ring (bicyclic) bond motifs is 1. The number of nitrogens with zero attached hydrogens (tertiary/aromatic N) is 1. The molecule has 4 N–H and O–H groups in total. The fourth-order valence-electron chi connectivity index (χ4n) is 5.97. The van der Waals surface area contributed by atoms with Crippen LogP contribution in [0.15, 0.2) is 60.7 Å². The summed E-state index contributed by atoms with van der Waals surface area (Å²) in [5, 5.41) is 21.0. The van der Waals surface area contributed by atoms with Crippen LogP contribution < -0.4 is 20.3 Å². The van der Waals surface area contributed by atoms with Crippen molar-refractivity contribution in [2.45, 2.75) is 70.3 Å². The quantitative estimate of drug-likeness (QED) is 0.162. The minimum absolute atomic E-state index is 0.0130. The number of ether oxygens (including phenoxy) is 4. The second-order valence-electron chi connectivity index (χ2n) is 11.7. The molecule has 2 heterocycles. The molecule has 0 unspecified atom stereocenters. The largest absolute Gasteiger partial charge is 0.493 e. The van der Waals surface area contributed by atoms with Crippen LogP contribution in [0.25, 0.3) is 0 Å². The molecule has 1 fully saturated rings. The minimum Gasteiger partial charge on any atom is -0.493 e. The van der Waals surface area contributed by atoms with Crippen molar-refractivity contribution in [2.75, 3.05) is 27.3 Å². The number of carbonyl (C=O) groups excluding carboxylic acids is 2. The molecule has 246 valence electrons. The summed E-state index contributed by atoms with van der Waals surface area (Å²) in [6.45, 7) is 2.77. The van der Waals surface area contributed by atoms with Crippen molar-refractivity contribution < 1.29 is 38.9 Å². The molecular formula is C35H43N3O8. The van der Waals surface area contributed by atoms with Gasteiger partial charge in [-0.05, 0) is 52.8 Å². The highest BCUT2D eigenvalue weighted by Crippen LogP contribution is 2.39. The Morgan fingerprint density at radius 2 is 1.54 bits per heavy atom. The van der Waals surface area contributed by atoms with Gasteiger partial charge in [0.1, 0.15) is 0 Å². The van der Waals surface area contributed by atoms with Gasteiger partial charge in [0.2, 0.25) is 11.8 Å². The molecule has 0 radical (unpaired) electrons. The summed E-state index contributed by atoms with van der Waals surface area (Å²) in [6, 6.07) is 19.8. The average Bonchev–Trinajstić information content (AvgIpc) is 3.10. The smallest absolute Gasteiger partial charge is 0.243 e. The number of aliphatic hydroxyl groups is 1. The molecule has 1 saturated heterocycles. The number of methoxy groups -OCH3 is 2. The Morgan fingerprint density at radius 1 is 0.891 bits per heavy atom. The van der Waals surface area contributed by atoms with E-state index in [0.717, 1.165) is 59.8 Å². The van der Waals surface area contributed by atoms with E-state index >= 15 is 0 Å². The van der Waals surface area contributed by atoms with E-state index in [1.807, 2.05) is 48.5 Å². The highest BCUT2D eigenvalue weighted by Gasteiger charge is 2.34. The Kier molecular flexibility index (Phi) is 11.6. The number of aliphatic hydroxyl groups excluding tert-OH is 1. The lowest BCUT2D eigenvalue weighted by atomic mass is 9.97. The average molecular weight is 634 g/mol. The van der Waals surface area contributed by atoms with Gasteiger partial charge in [-0.15, -0.1) is 0 Å². The van der Waals surface area contributed by atoms with Gasteiger partial charge in [0.25, 0.3) is 0 Å². The second-order valence-corrected chi connectivity index (χ2v) is 11.7. The number of carbonyl (C=O) groups is 2. The highest BCUT2D eigenvalue weighted by molar-refractivity contribution is 5.78. The van der Waals surface area contributed by atoms with Crippen LogP contribution in [-0.2, 0) is 45.2 Å². The zero-order chi connectivity index (χ0) is 32.5. The lowest BCUT2D eigenvalue weighted by Crippen LogP contribution is -2.41. The van der Waals surface area contributed by atoms with Crippen LogP contribution in [0.1, 0.15) is 71.5 Å². The predicted octanol–water partition coefficient (Wildman–Crippen LogP) is 4.09. The first-order valence-corrected chi connectivity index (χ1v) is 15.6. The number of hydroxylamine groups is 1. The Hall–Kier alpha value is -4.00. The Balaban J connectivity index is 1.25. The van der Waals surface area contributed by atoms with E-state index in [1.54, 1.807) is 19.7 Å². The first kappa shape index (κ1) is 33.4. The predicted molar refractivity (Wildman–Crippen MR) is 169 cm³/mol. The molecule has 2 amide bonds. The Bertz CT molecular complexity index is 1460. The standard InChI is InChI=1S/C35H43N3O8/c1-43-31-16-27-14-15-38(20-28(27)17-32(31)44-2)21-29-18-30(25-10-8-24(22-39)9-11-25)46-35(45-29)26-12-6-23(7-13-26)19-36-33(40)4-3-5-34(41)37-42/h6-13,16-17,29-30,35,39,42H,3-5,14-15,18-22H2,1-2H3,(H,36,40)(H,37,41)/t29-,30+,35+/m0/s1. The summed E-state index contributed by atoms with van der Waals surface area (Å²) in [7, 11) is 3.31. The molecule has 3 aromatic carbocycles. The molecule has 46 heavy (non-hydrogen) atoms. The van der Waals surface area contributed by atoms with Crippen LogP contribution in [0.4, 0.5) is 0 Å². The van der Waals surface area contributed by atoms with Gasteiger partial charge in [-0.2, -0.15) is 0 Å². The van der Waals surface area contributed by atoms with Crippen LogP contribution in [-0.4, -0.2) is 60.4 Å². The molecule has 0 saturated carbocycles. The van der Waals surface area contributed by atoms with Gasteiger partial charge in [0.05, 0.1) is 33.0 Å². The van der Waals surface area contributed by atoms with Gasteiger partial charge >= 0.3 is 0 Å². The summed E-state index contributed by atoms with van der Waals surface area (Å²) in [5.74, 6) is 0.806. The van der Waals surface area contributed by atoms with Crippen molar-refractivity contribution >= 4 is 11.8 Å². The zero-order valence-corrected chi connectivity index (χ0v) is 26.4. The van der Waals surface area contributed by atoms with Crippen molar-refractivity contribution in [1.82, 2.24) is 15.7 Å². The first-order valence-electron chi connectivity index (χ1n) is 15.6. The number of amides is 2. The maximum atomic E-state index is 12.2. The molecular weight excluding hydrogens is 590 g/mol. The fraction of sp³-hybridized carbons (Fsp3) is 0.429. The van der Waals surface area contributed by atoms with Gasteiger partial charge in [0.15, 0.2) is 17.8 Å². The number of benzene rings is 3. The number of nitrogens with one attached hydrogen (secondary N) is 2. The molecule has 3 atom stereocenters. The van der Waals surface area contributed by atoms with Crippen LogP contribution >= 0.6 is 0 Å². The van der Waals surface area contributed by atoms with Crippen molar-refractivity contribution in [3.8, 4) is 11.5 Å². The lowest BCUT2D eigenvalue weighted by Gasteiger charge is -2.39. The third-order valence-electron chi connectivity index (χ3n) is 8.55. The van der Waals surface area contributed by atoms with E-state index in [-0.39, 0.29) is 37.6 Å². The van der Waals surface area contributed by atoms with E-state index < -0.39 is 12.2 Å². The van der Waals surface area contributed by atoms with Crippen molar-refractivity contribution in [2.24, 2.45) is 0 Å². The molecule has 11 nitrogen and oxygen atoms in total. The van der Waals surface area contributed by atoms with E-state index in [9.17, 15) is 14.7 Å². The number of hydrogen-bond acceptors (Lipinski definition) is 9. The number of rotatable bonds is 13. The molecule has 0 bridgehead atoms. The maximum Gasteiger partial charge on any atom is 0.243 e. The fourth-order valence-corrected chi connectivity index (χ4v) is 5.97. The van der Waals surface area contributed by atoms with Gasteiger partial charge in [0, 0.05) is 51.0 Å². The third-order valence-corrected chi connectivity index (χ3v) is 8.55. The Labute approximate surface area is 269 Å². The van der Waals surface area contributed by atoms with E-state index in [2.05, 4.69) is 22.3 Å². The van der Waals surface area contributed by atoms with Crippen molar-refractivity contribution in [3.05, 3.63) is 94.0 Å². The zero-order valence-electron chi connectivity index (χ0n) is 26.4. The summed E-state index contributed by atoms with van der Waals surface area (Å²) >= 11 is 0. The highest BCUT2D eigenvalue weighted by atomic mass is 16.7. The van der Waals surface area contributed by atoms with Crippen LogP contribution in [0.5, 0.6) is 11.5 Å². The van der Waals surface area contributed by atoms with Gasteiger partial charge in [-0.25, -0.2) is 5.48 Å². The molecule has 2 aliphatic heterocycles. The topological polar surface area (TPSA) is 139 Å². The summed E-state index contributed by atoms with van der Waals surface area (Å²) in [5.41, 5.74) is 7.75. The molecule has 5 rings (SSSR count).